The molecule has 0 heterocycles. The SMILES string of the molecule is Cc1cccc(C(=N)N)c1OCCCO. The number of para-hydroxylation sites is 1. The Balaban J connectivity index is 2.87. The van der Waals surface area contributed by atoms with E-state index in [1.807, 2.05) is 19.1 Å². The maximum Gasteiger partial charge on any atom is 0.133 e. The van der Waals surface area contributed by atoms with Gasteiger partial charge in [0.15, 0.2) is 0 Å². The van der Waals surface area contributed by atoms with Gasteiger partial charge >= 0.3 is 0 Å². The fourth-order valence-electron chi connectivity index (χ4n) is 1.29. The molecule has 0 aliphatic rings. The number of rotatable bonds is 5. The Labute approximate surface area is 89.2 Å². The minimum absolute atomic E-state index is 0.00213. The highest BCUT2D eigenvalue weighted by Crippen LogP contribution is 2.22. The molecule has 1 aromatic rings. The van der Waals surface area contributed by atoms with E-state index in [0.29, 0.717) is 24.3 Å². The number of ether oxygens (including phenoxy) is 1. The summed E-state index contributed by atoms with van der Waals surface area (Å²) in [7, 11) is 0. The van der Waals surface area contributed by atoms with Gasteiger partial charge in [0.2, 0.25) is 0 Å². The van der Waals surface area contributed by atoms with Crippen molar-refractivity contribution in [1.82, 2.24) is 0 Å². The summed E-state index contributed by atoms with van der Waals surface area (Å²) >= 11 is 0. The number of nitrogen functional groups attached to an aromatic ring is 1. The van der Waals surface area contributed by atoms with Crippen molar-refractivity contribution in [2.45, 2.75) is 13.3 Å². The van der Waals surface area contributed by atoms with Gasteiger partial charge in [-0.3, -0.25) is 5.41 Å². The van der Waals surface area contributed by atoms with Gasteiger partial charge in [-0.1, -0.05) is 12.1 Å². The Morgan fingerprint density at radius 1 is 1.53 bits per heavy atom. The molecule has 4 nitrogen and oxygen atoms in total. The largest absolute Gasteiger partial charge is 0.492 e. The summed E-state index contributed by atoms with van der Waals surface area (Å²) < 4.78 is 5.49. The van der Waals surface area contributed by atoms with Crippen LogP contribution in [0.3, 0.4) is 0 Å². The number of hydrogen-bond donors (Lipinski definition) is 3. The standard InChI is InChI=1S/C11H16N2O2/c1-8-4-2-5-9(11(12)13)10(8)15-7-3-6-14/h2,4-5,14H,3,6-7H2,1H3,(H3,12,13). The van der Waals surface area contributed by atoms with E-state index in [1.165, 1.54) is 0 Å². The van der Waals surface area contributed by atoms with E-state index >= 15 is 0 Å². The van der Waals surface area contributed by atoms with Crippen LogP contribution in [0.25, 0.3) is 0 Å². The van der Waals surface area contributed by atoms with Gasteiger partial charge in [0.1, 0.15) is 11.6 Å². The molecule has 4 N–H and O–H groups in total. The van der Waals surface area contributed by atoms with Gasteiger partial charge in [-0.2, -0.15) is 0 Å². The number of nitrogens with two attached hydrogens (primary N) is 1. The second kappa shape index (κ2) is 5.36. The first-order chi connectivity index (χ1) is 7.16. The van der Waals surface area contributed by atoms with Crippen LogP contribution in [-0.2, 0) is 0 Å². The summed E-state index contributed by atoms with van der Waals surface area (Å²) in [6.07, 6.45) is 0.575. The van der Waals surface area contributed by atoms with Crippen LogP contribution in [0, 0.1) is 12.3 Å². The van der Waals surface area contributed by atoms with Gasteiger partial charge in [0, 0.05) is 13.0 Å². The zero-order chi connectivity index (χ0) is 11.3. The maximum absolute atomic E-state index is 8.65. The molecule has 0 bridgehead atoms. The zero-order valence-electron chi connectivity index (χ0n) is 8.79. The predicted octanol–water partition coefficient (Wildman–Crippen LogP) is 1.04. The molecule has 4 heteroatoms. The lowest BCUT2D eigenvalue weighted by Gasteiger charge is -2.12. The Kier molecular flexibility index (Phi) is 4.12. The topological polar surface area (TPSA) is 79.3 Å². The summed E-state index contributed by atoms with van der Waals surface area (Å²) in [6.45, 7) is 2.43. The highest BCUT2D eigenvalue weighted by Gasteiger charge is 2.08. The second-order valence-corrected chi connectivity index (χ2v) is 3.29. The fraction of sp³-hybridized carbons (Fsp3) is 0.364. The summed E-state index contributed by atoms with van der Waals surface area (Å²) in [4.78, 5) is 0. The van der Waals surface area contributed by atoms with E-state index in [9.17, 15) is 0 Å². The van der Waals surface area contributed by atoms with Crippen molar-refractivity contribution in [2.24, 2.45) is 5.73 Å². The summed E-state index contributed by atoms with van der Waals surface area (Å²) in [5, 5.41) is 16.0. The minimum Gasteiger partial charge on any atom is -0.492 e. The number of hydrogen-bond acceptors (Lipinski definition) is 3. The lowest BCUT2D eigenvalue weighted by atomic mass is 10.1. The molecule has 0 aliphatic carbocycles. The molecular formula is C11H16N2O2. The Hall–Kier alpha value is -1.55. The third-order valence-electron chi connectivity index (χ3n) is 2.05. The van der Waals surface area contributed by atoms with E-state index in [2.05, 4.69) is 0 Å². The molecule has 0 radical (unpaired) electrons. The van der Waals surface area contributed by atoms with Crippen molar-refractivity contribution in [1.29, 1.82) is 5.41 Å². The van der Waals surface area contributed by atoms with Crippen molar-refractivity contribution in [3.8, 4) is 5.75 Å². The molecule has 0 unspecified atom stereocenters. The smallest absolute Gasteiger partial charge is 0.133 e. The van der Waals surface area contributed by atoms with Crippen LogP contribution in [0.1, 0.15) is 17.5 Å². The van der Waals surface area contributed by atoms with Gasteiger partial charge in [-0.25, -0.2) is 0 Å². The van der Waals surface area contributed by atoms with E-state index in [-0.39, 0.29) is 12.4 Å². The molecule has 15 heavy (non-hydrogen) atoms. The first kappa shape index (κ1) is 11.5. The number of aliphatic hydroxyl groups excluding tert-OH is 1. The van der Waals surface area contributed by atoms with E-state index in [1.54, 1.807) is 6.07 Å². The van der Waals surface area contributed by atoms with Crippen LogP contribution in [0.4, 0.5) is 0 Å². The number of benzene rings is 1. The summed E-state index contributed by atoms with van der Waals surface area (Å²) in [5.74, 6) is 0.635. The van der Waals surface area contributed by atoms with Crippen molar-refractivity contribution in [3.05, 3.63) is 29.3 Å². The molecule has 0 fully saturated rings. The summed E-state index contributed by atoms with van der Waals surface area (Å²) in [5.41, 5.74) is 6.99. The molecule has 1 rings (SSSR count). The van der Waals surface area contributed by atoms with Gasteiger partial charge in [0.25, 0.3) is 0 Å². The van der Waals surface area contributed by atoms with E-state index in [0.717, 1.165) is 5.56 Å². The maximum atomic E-state index is 8.65. The van der Waals surface area contributed by atoms with Crippen LogP contribution >= 0.6 is 0 Å². The molecule has 0 saturated heterocycles. The van der Waals surface area contributed by atoms with E-state index < -0.39 is 0 Å². The number of amidine groups is 1. The van der Waals surface area contributed by atoms with Crippen molar-refractivity contribution >= 4 is 5.84 Å². The molecule has 82 valence electrons. The van der Waals surface area contributed by atoms with Crippen molar-refractivity contribution in [3.63, 3.8) is 0 Å². The second-order valence-electron chi connectivity index (χ2n) is 3.29. The van der Waals surface area contributed by atoms with Crippen LogP contribution in [0.15, 0.2) is 18.2 Å². The monoisotopic (exact) mass is 208 g/mol. The van der Waals surface area contributed by atoms with Crippen LogP contribution in [0.2, 0.25) is 0 Å². The number of aliphatic hydroxyl groups is 1. The molecular weight excluding hydrogens is 192 g/mol. The van der Waals surface area contributed by atoms with Crippen molar-refractivity contribution in [2.75, 3.05) is 13.2 Å². The van der Waals surface area contributed by atoms with Gasteiger partial charge in [-0.15, -0.1) is 0 Å². The van der Waals surface area contributed by atoms with E-state index in [4.69, 9.17) is 21.0 Å². The summed E-state index contributed by atoms with van der Waals surface area (Å²) in [6, 6.07) is 5.50. The fourth-order valence-corrected chi connectivity index (χ4v) is 1.29. The molecule has 1 aromatic carbocycles. The lowest BCUT2D eigenvalue weighted by molar-refractivity contribution is 0.232. The third kappa shape index (κ3) is 2.95. The molecule has 0 saturated carbocycles. The Morgan fingerprint density at radius 2 is 2.27 bits per heavy atom. The first-order valence-electron chi connectivity index (χ1n) is 4.84. The zero-order valence-corrected chi connectivity index (χ0v) is 8.79. The third-order valence-corrected chi connectivity index (χ3v) is 2.05. The van der Waals surface area contributed by atoms with Gasteiger partial charge in [0.05, 0.1) is 12.2 Å². The van der Waals surface area contributed by atoms with Crippen LogP contribution in [0.5, 0.6) is 5.75 Å². The minimum atomic E-state index is -0.00213. The van der Waals surface area contributed by atoms with Crippen molar-refractivity contribution < 1.29 is 9.84 Å². The molecule has 0 aliphatic heterocycles. The molecule has 0 aromatic heterocycles. The van der Waals surface area contributed by atoms with Gasteiger partial charge < -0.3 is 15.6 Å². The normalized spacial score (nSPS) is 10.0. The average Bonchev–Trinajstić information content (AvgIpc) is 2.20. The van der Waals surface area contributed by atoms with Crippen LogP contribution in [-0.4, -0.2) is 24.2 Å². The van der Waals surface area contributed by atoms with Crippen LogP contribution < -0.4 is 10.5 Å². The Bertz CT molecular complexity index is 350. The molecule has 0 spiro atoms. The molecule has 0 atom stereocenters. The Morgan fingerprint density at radius 3 is 2.87 bits per heavy atom. The number of nitrogens with one attached hydrogen (secondary N) is 1. The molecule has 0 amide bonds. The predicted molar refractivity (Wildman–Crippen MR) is 59.4 cm³/mol. The highest BCUT2D eigenvalue weighted by atomic mass is 16.5. The quantitative estimate of drug-likeness (QED) is 0.384. The van der Waals surface area contributed by atoms with Gasteiger partial charge in [-0.05, 0) is 18.6 Å². The highest BCUT2D eigenvalue weighted by molar-refractivity contribution is 5.98. The average molecular weight is 208 g/mol. The lowest BCUT2D eigenvalue weighted by Crippen LogP contribution is -2.14. The first-order valence-corrected chi connectivity index (χ1v) is 4.84. The number of aryl methyl sites for hydroxylation is 1.